The van der Waals surface area contributed by atoms with Crippen LogP contribution in [0.1, 0.15) is 85.8 Å². The Morgan fingerprint density at radius 1 is 1.03 bits per heavy atom. The third-order valence-corrected chi connectivity index (χ3v) is 5.49. The molecule has 1 saturated carbocycles. The molecule has 7 nitrogen and oxygen atoms in total. The van der Waals surface area contributed by atoms with Crippen molar-refractivity contribution < 1.29 is 19.1 Å². The highest BCUT2D eigenvalue weighted by molar-refractivity contribution is 5.92. The quantitative estimate of drug-likeness (QED) is 0.566. The fourth-order valence-corrected chi connectivity index (χ4v) is 3.94. The van der Waals surface area contributed by atoms with Gasteiger partial charge in [0.15, 0.2) is 0 Å². The fourth-order valence-electron chi connectivity index (χ4n) is 3.94. The summed E-state index contributed by atoms with van der Waals surface area (Å²) in [5.41, 5.74) is 0.0869. The number of hydrogen-bond acceptors (Lipinski definition) is 4. The zero-order valence-corrected chi connectivity index (χ0v) is 21.2. The van der Waals surface area contributed by atoms with Gasteiger partial charge in [-0.05, 0) is 71.8 Å². The zero-order chi connectivity index (χ0) is 24.8. The lowest BCUT2D eigenvalue weighted by Crippen LogP contribution is -2.58. The van der Waals surface area contributed by atoms with Crippen LogP contribution in [0.3, 0.4) is 0 Å². The van der Waals surface area contributed by atoms with E-state index in [0.717, 1.165) is 24.8 Å². The third-order valence-electron chi connectivity index (χ3n) is 5.49. The summed E-state index contributed by atoms with van der Waals surface area (Å²) < 4.78 is 5.43. The Bertz CT molecular complexity index is 798. The molecule has 0 aliphatic heterocycles. The maximum absolute atomic E-state index is 14.0. The molecule has 0 heterocycles. The third kappa shape index (κ3) is 8.06. The lowest BCUT2D eigenvalue weighted by Gasteiger charge is -2.44. The van der Waals surface area contributed by atoms with Gasteiger partial charge >= 0.3 is 6.09 Å². The molecule has 2 N–H and O–H groups in total. The van der Waals surface area contributed by atoms with Gasteiger partial charge in [0.25, 0.3) is 0 Å². The summed E-state index contributed by atoms with van der Waals surface area (Å²) in [5, 5.41) is 5.78. The maximum Gasteiger partial charge on any atom is 0.408 e. The van der Waals surface area contributed by atoms with Crippen molar-refractivity contribution in [1.29, 1.82) is 0 Å². The van der Waals surface area contributed by atoms with Gasteiger partial charge in [0.05, 0.1) is 0 Å². The Morgan fingerprint density at radius 3 is 2.09 bits per heavy atom. The first-order valence-electron chi connectivity index (χ1n) is 12.1. The predicted octanol–water partition coefficient (Wildman–Crippen LogP) is 4.57. The topological polar surface area (TPSA) is 87.7 Å². The second-order valence-corrected chi connectivity index (χ2v) is 10.6. The smallest absolute Gasteiger partial charge is 0.408 e. The van der Waals surface area contributed by atoms with Gasteiger partial charge in [-0.1, -0.05) is 44.2 Å². The molecule has 2 rings (SSSR count). The SMILES string of the molecule is CC(C)CC(NC(=O)OC(C)(C)C)C(=O)N(C1CCC1)C(C(=O)NC(C)C)c1ccccc1. The van der Waals surface area contributed by atoms with Crippen LogP contribution in [0, 0.1) is 5.92 Å². The number of hydrogen-bond donors (Lipinski definition) is 2. The molecule has 1 aromatic carbocycles. The Morgan fingerprint density at radius 2 is 1.64 bits per heavy atom. The van der Waals surface area contributed by atoms with E-state index in [9.17, 15) is 14.4 Å². The largest absolute Gasteiger partial charge is 0.444 e. The molecule has 0 saturated heterocycles. The van der Waals surface area contributed by atoms with Crippen LogP contribution >= 0.6 is 0 Å². The number of ether oxygens (including phenoxy) is 1. The number of amides is 3. The van der Waals surface area contributed by atoms with Gasteiger partial charge in [0, 0.05) is 12.1 Å². The first-order chi connectivity index (χ1) is 15.4. The molecule has 1 aliphatic carbocycles. The van der Waals surface area contributed by atoms with Crippen LogP contribution in [0.4, 0.5) is 4.79 Å². The van der Waals surface area contributed by atoms with E-state index in [1.165, 1.54) is 0 Å². The zero-order valence-electron chi connectivity index (χ0n) is 21.2. The molecule has 0 spiro atoms. The highest BCUT2D eigenvalue weighted by atomic mass is 16.6. The van der Waals surface area contributed by atoms with Crippen molar-refractivity contribution in [3.63, 3.8) is 0 Å². The summed E-state index contributed by atoms with van der Waals surface area (Å²) >= 11 is 0. The van der Waals surface area contributed by atoms with E-state index in [1.54, 1.807) is 25.7 Å². The molecule has 184 valence electrons. The van der Waals surface area contributed by atoms with Gasteiger partial charge in [-0.2, -0.15) is 0 Å². The van der Waals surface area contributed by atoms with Gasteiger partial charge in [-0.15, -0.1) is 0 Å². The van der Waals surface area contributed by atoms with Crippen molar-refractivity contribution in [2.45, 2.75) is 104 Å². The molecule has 1 fully saturated rings. The first kappa shape index (κ1) is 26.7. The second kappa shape index (κ2) is 11.5. The van der Waals surface area contributed by atoms with Crippen molar-refractivity contribution in [1.82, 2.24) is 15.5 Å². The van der Waals surface area contributed by atoms with Crippen LogP contribution in [-0.4, -0.2) is 46.5 Å². The molecule has 2 atom stereocenters. The van der Waals surface area contributed by atoms with Crippen LogP contribution in [0.5, 0.6) is 0 Å². The molecule has 2 unspecified atom stereocenters. The van der Waals surface area contributed by atoms with Crippen molar-refractivity contribution in [2.24, 2.45) is 5.92 Å². The standard InChI is InChI=1S/C26H41N3O4/c1-17(2)16-21(28-25(32)33-26(5,6)7)24(31)29(20-14-11-15-20)22(23(30)27-18(3)4)19-12-9-8-10-13-19/h8-10,12-13,17-18,20-22H,11,14-16H2,1-7H3,(H,27,30)(H,28,32). The molecule has 0 aromatic heterocycles. The van der Waals surface area contributed by atoms with Crippen molar-refractivity contribution in [3.8, 4) is 0 Å². The lowest BCUT2D eigenvalue weighted by molar-refractivity contribution is -0.148. The van der Waals surface area contributed by atoms with Crippen molar-refractivity contribution in [2.75, 3.05) is 0 Å². The average molecular weight is 460 g/mol. The average Bonchev–Trinajstić information content (AvgIpc) is 2.63. The van der Waals surface area contributed by atoms with Gasteiger partial charge in [0.1, 0.15) is 17.7 Å². The molecular weight excluding hydrogens is 418 g/mol. The first-order valence-corrected chi connectivity index (χ1v) is 12.1. The fraction of sp³-hybridized carbons (Fsp3) is 0.654. The number of nitrogens with zero attached hydrogens (tertiary/aromatic N) is 1. The van der Waals surface area contributed by atoms with Crippen LogP contribution < -0.4 is 10.6 Å². The number of benzene rings is 1. The van der Waals surface area contributed by atoms with Crippen molar-refractivity contribution in [3.05, 3.63) is 35.9 Å². The van der Waals surface area contributed by atoms with E-state index < -0.39 is 23.8 Å². The molecule has 1 aliphatic rings. The van der Waals surface area contributed by atoms with Crippen LogP contribution in [0.15, 0.2) is 30.3 Å². The van der Waals surface area contributed by atoms with Crippen LogP contribution in [0.25, 0.3) is 0 Å². The van der Waals surface area contributed by atoms with Crippen LogP contribution in [-0.2, 0) is 14.3 Å². The minimum absolute atomic E-state index is 0.0456. The number of alkyl carbamates (subject to hydrolysis) is 1. The van der Waals surface area contributed by atoms with Crippen molar-refractivity contribution >= 4 is 17.9 Å². The van der Waals surface area contributed by atoms with Gasteiger partial charge < -0.3 is 20.3 Å². The van der Waals surface area contributed by atoms with Crippen LogP contribution in [0.2, 0.25) is 0 Å². The summed E-state index contributed by atoms with van der Waals surface area (Å²) in [6, 6.07) is 7.74. The predicted molar refractivity (Wildman–Crippen MR) is 130 cm³/mol. The van der Waals surface area contributed by atoms with E-state index in [0.29, 0.717) is 6.42 Å². The maximum atomic E-state index is 14.0. The van der Waals surface area contributed by atoms with E-state index in [2.05, 4.69) is 10.6 Å². The van der Waals surface area contributed by atoms with Gasteiger partial charge in [-0.25, -0.2) is 4.79 Å². The lowest BCUT2D eigenvalue weighted by atomic mass is 9.87. The normalized spacial score (nSPS) is 16.0. The summed E-state index contributed by atoms with van der Waals surface area (Å²) in [4.78, 5) is 41.7. The number of rotatable bonds is 9. The number of carbonyl (C=O) groups is 3. The Hall–Kier alpha value is -2.57. The highest BCUT2D eigenvalue weighted by Gasteiger charge is 2.42. The summed E-state index contributed by atoms with van der Waals surface area (Å²) in [6.07, 6.45) is 2.51. The Kier molecular flexibility index (Phi) is 9.32. The van der Waals surface area contributed by atoms with E-state index in [-0.39, 0.29) is 29.8 Å². The molecule has 3 amide bonds. The monoisotopic (exact) mass is 459 g/mol. The summed E-state index contributed by atoms with van der Waals surface area (Å²) in [7, 11) is 0. The Balaban J connectivity index is 2.43. The summed E-state index contributed by atoms with van der Waals surface area (Å²) in [6.45, 7) is 13.2. The van der Waals surface area contributed by atoms with Gasteiger partial charge in [0.2, 0.25) is 11.8 Å². The minimum atomic E-state index is -0.779. The molecule has 0 bridgehead atoms. The number of nitrogens with one attached hydrogen (secondary N) is 2. The summed E-state index contributed by atoms with van der Waals surface area (Å²) in [5.74, 6) is -0.291. The molecule has 1 aromatic rings. The second-order valence-electron chi connectivity index (χ2n) is 10.6. The Labute approximate surface area is 198 Å². The van der Waals surface area contributed by atoms with E-state index in [4.69, 9.17) is 4.74 Å². The molecular formula is C26H41N3O4. The molecule has 7 heteroatoms. The highest BCUT2D eigenvalue weighted by Crippen LogP contribution is 2.34. The van der Waals surface area contributed by atoms with E-state index in [1.807, 2.05) is 58.0 Å². The number of carbonyl (C=O) groups excluding carboxylic acids is 3. The molecule has 0 radical (unpaired) electrons. The molecule has 33 heavy (non-hydrogen) atoms. The minimum Gasteiger partial charge on any atom is -0.444 e. The van der Waals surface area contributed by atoms with Gasteiger partial charge in [-0.3, -0.25) is 9.59 Å². The van der Waals surface area contributed by atoms with E-state index >= 15 is 0 Å².